The molecule has 0 aromatic heterocycles. The van der Waals surface area contributed by atoms with Crippen molar-refractivity contribution in [1.29, 1.82) is 0 Å². The van der Waals surface area contributed by atoms with Crippen molar-refractivity contribution in [3.05, 3.63) is 53.4 Å². The van der Waals surface area contributed by atoms with Gasteiger partial charge in [0, 0.05) is 11.3 Å². The van der Waals surface area contributed by atoms with Crippen LogP contribution in [0.1, 0.15) is 31.9 Å². The summed E-state index contributed by atoms with van der Waals surface area (Å²) in [5, 5.41) is 0. The number of halogens is 1. The predicted octanol–water partition coefficient (Wildman–Crippen LogP) is 3.61. The minimum atomic E-state index is -0.207. The van der Waals surface area contributed by atoms with Crippen LogP contribution in [0.4, 0.5) is 4.39 Å². The third-order valence-electron chi connectivity index (χ3n) is 3.80. The first kappa shape index (κ1) is 11.9. The monoisotopic (exact) mass is 231 g/mol. The molecule has 1 unspecified atom stereocenters. The topological polar surface area (TPSA) is 26.0 Å². The van der Waals surface area contributed by atoms with Crippen molar-refractivity contribution < 1.29 is 4.39 Å². The lowest BCUT2D eigenvalue weighted by Gasteiger charge is -2.33. The Morgan fingerprint density at radius 1 is 1.29 bits per heavy atom. The predicted molar refractivity (Wildman–Crippen MR) is 69.9 cm³/mol. The number of rotatable bonds is 0. The minimum Gasteiger partial charge on any atom is -0.398 e. The highest BCUT2D eigenvalue weighted by molar-refractivity contribution is 5.69. The molecule has 1 aliphatic rings. The maximum Gasteiger partial charge on any atom is 0.123 e. The standard InChI is InChI=1S/C15H18FN/c1-10-5-4-6-14(17)12-8-7-11(16)9-13(12)15(10,2)3/h4-10H,17H2,1-3H3/b5-4-,14-6-. The molecule has 0 aliphatic heterocycles. The third-order valence-corrected chi connectivity index (χ3v) is 3.80. The van der Waals surface area contributed by atoms with E-state index in [0.29, 0.717) is 11.6 Å². The highest BCUT2D eigenvalue weighted by Crippen LogP contribution is 2.37. The van der Waals surface area contributed by atoms with Gasteiger partial charge in [0.05, 0.1) is 0 Å². The van der Waals surface area contributed by atoms with Gasteiger partial charge < -0.3 is 5.73 Å². The van der Waals surface area contributed by atoms with Crippen molar-refractivity contribution in [2.45, 2.75) is 26.2 Å². The fraction of sp³-hybridized carbons (Fsp3) is 0.333. The van der Waals surface area contributed by atoms with Crippen molar-refractivity contribution in [2.75, 3.05) is 0 Å². The van der Waals surface area contributed by atoms with E-state index < -0.39 is 0 Å². The van der Waals surface area contributed by atoms with Gasteiger partial charge in [-0.2, -0.15) is 0 Å². The maximum atomic E-state index is 13.4. The average Bonchev–Trinajstić information content (AvgIpc) is 2.27. The summed E-state index contributed by atoms with van der Waals surface area (Å²) in [5.74, 6) is 0.119. The van der Waals surface area contributed by atoms with Crippen LogP contribution in [0.15, 0.2) is 36.4 Å². The fourth-order valence-corrected chi connectivity index (χ4v) is 2.20. The first-order chi connectivity index (χ1) is 7.93. The van der Waals surface area contributed by atoms with Gasteiger partial charge in [0.15, 0.2) is 0 Å². The van der Waals surface area contributed by atoms with Gasteiger partial charge in [-0.25, -0.2) is 4.39 Å². The molecule has 17 heavy (non-hydrogen) atoms. The van der Waals surface area contributed by atoms with E-state index in [2.05, 4.69) is 26.8 Å². The first-order valence-corrected chi connectivity index (χ1v) is 5.87. The number of benzene rings is 1. The molecule has 1 nitrogen and oxygen atoms in total. The first-order valence-electron chi connectivity index (χ1n) is 5.87. The normalized spacial score (nSPS) is 27.3. The molecule has 1 aliphatic carbocycles. The molecule has 0 radical (unpaired) electrons. The Bertz CT molecular complexity index is 498. The highest BCUT2D eigenvalue weighted by atomic mass is 19.1. The summed E-state index contributed by atoms with van der Waals surface area (Å²) < 4.78 is 13.4. The molecular weight excluding hydrogens is 213 g/mol. The van der Waals surface area contributed by atoms with E-state index in [1.807, 2.05) is 12.2 Å². The molecule has 0 saturated carbocycles. The molecule has 0 fully saturated rings. The number of fused-ring (bicyclic) bond motifs is 1. The number of nitrogens with two attached hydrogens (primary N) is 1. The summed E-state index contributed by atoms with van der Waals surface area (Å²) >= 11 is 0. The zero-order valence-corrected chi connectivity index (χ0v) is 10.5. The minimum absolute atomic E-state index is 0.132. The van der Waals surface area contributed by atoms with E-state index in [4.69, 9.17) is 5.73 Å². The highest BCUT2D eigenvalue weighted by Gasteiger charge is 2.30. The summed E-state index contributed by atoms with van der Waals surface area (Å²) in [4.78, 5) is 0. The zero-order chi connectivity index (χ0) is 12.6. The van der Waals surface area contributed by atoms with Gasteiger partial charge in [0.25, 0.3) is 0 Å². The van der Waals surface area contributed by atoms with E-state index in [1.165, 1.54) is 6.07 Å². The van der Waals surface area contributed by atoms with Gasteiger partial charge in [0.2, 0.25) is 0 Å². The van der Waals surface area contributed by atoms with Crippen LogP contribution in [0, 0.1) is 11.7 Å². The van der Waals surface area contributed by atoms with Crippen LogP contribution in [-0.2, 0) is 5.41 Å². The molecule has 0 spiro atoms. The van der Waals surface area contributed by atoms with Crippen molar-refractivity contribution in [3.8, 4) is 0 Å². The van der Waals surface area contributed by atoms with Crippen LogP contribution in [0.25, 0.3) is 5.70 Å². The number of hydrogen-bond donors (Lipinski definition) is 1. The second-order valence-corrected chi connectivity index (χ2v) is 5.21. The van der Waals surface area contributed by atoms with Gasteiger partial charge in [-0.1, -0.05) is 32.9 Å². The van der Waals surface area contributed by atoms with E-state index in [1.54, 1.807) is 12.1 Å². The van der Waals surface area contributed by atoms with Gasteiger partial charge in [-0.15, -0.1) is 0 Å². The van der Waals surface area contributed by atoms with Gasteiger partial charge in [-0.05, 0) is 41.2 Å². The Kier molecular flexibility index (Phi) is 2.82. The van der Waals surface area contributed by atoms with E-state index in [-0.39, 0.29) is 11.2 Å². The molecule has 90 valence electrons. The molecule has 1 aromatic rings. The second-order valence-electron chi connectivity index (χ2n) is 5.21. The molecular formula is C15H18FN. The van der Waals surface area contributed by atoms with Crippen molar-refractivity contribution in [3.63, 3.8) is 0 Å². The Labute approximate surface area is 102 Å². The van der Waals surface area contributed by atoms with Gasteiger partial charge >= 0.3 is 0 Å². The Hall–Kier alpha value is -1.57. The summed E-state index contributed by atoms with van der Waals surface area (Å²) in [5.41, 5.74) is 8.49. The molecule has 2 rings (SSSR count). The molecule has 0 saturated heterocycles. The molecule has 1 aromatic carbocycles. The lowest BCUT2D eigenvalue weighted by atomic mass is 9.71. The Morgan fingerprint density at radius 3 is 2.71 bits per heavy atom. The quantitative estimate of drug-likeness (QED) is 0.725. The summed E-state index contributed by atoms with van der Waals surface area (Å²) in [6, 6.07) is 4.83. The number of hydrogen-bond acceptors (Lipinski definition) is 1. The maximum absolute atomic E-state index is 13.4. The second kappa shape index (κ2) is 4.02. The lowest BCUT2D eigenvalue weighted by molar-refractivity contribution is 0.405. The average molecular weight is 231 g/mol. The molecule has 1 atom stereocenters. The van der Waals surface area contributed by atoms with Crippen LogP contribution in [0.3, 0.4) is 0 Å². The van der Waals surface area contributed by atoms with Crippen molar-refractivity contribution >= 4 is 5.70 Å². The largest absolute Gasteiger partial charge is 0.398 e. The van der Waals surface area contributed by atoms with Crippen LogP contribution in [0.5, 0.6) is 0 Å². The zero-order valence-electron chi connectivity index (χ0n) is 10.5. The van der Waals surface area contributed by atoms with Crippen LogP contribution >= 0.6 is 0 Å². The van der Waals surface area contributed by atoms with E-state index >= 15 is 0 Å². The fourth-order valence-electron chi connectivity index (χ4n) is 2.20. The van der Waals surface area contributed by atoms with Crippen LogP contribution < -0.4 is 5.73 Å². The third kappa shape index (κ3) is 1.99. The molecule has 2 N–H and O–H groups in total. The Balaban J connectivity index is 2.72. The summed E-state index contributed by atoms with van der Waals surface area (Å²) in [7, 11) is 0. The van der Waals surface area contributed by atoms with Crippen LogP contribution in [0.2, 0.25) is 0 Å². The van der Waals surface area contributed by atoms with Crippen LogP contribution in [-0.4, -0.2) is 0 Å². The molecule has 0 bridgehead atoms. The lowest BCUT2D eigenvalue weighted by Crippen LogP contribution is -2.28. The van der Waals surface area contributed by atoms with Gasteiger partial charge in [-0.3, -0.25) is 0 Å². The summed E-state index contributed by atoms with van der Waals surface area (Å²) in [6.45, 7) is 6.39. The van der Waals surface area contributed by atoms with Crippen molar-refractivity contribution in [2.24, 2.45) is 11.7 Å². The van der Waals surface area contributed by atoms with Gasteiger partial charge in [0.1, 0.15) is 5.82 Å². The van der Waals surface area contributed by atoms with E-state index in [0.717, 1.165) is 11.1 Å². The SMILES string of the molecule is CC1/C=C\C=C(/N)c2ccc(F)cc2C1(C)C. The number of allylic oxidation sites excluding steroid dienone is 3. The summed E-state index contributed by atoms with van der Waals surface area (Å²) in [6.07, 6.45) is 5.97. The Morgan fingerprint density at radius 2 is 2.00 bits per heavy atom. The molecule has 0 amide bonds. The van der Waals surface area contributed by atoms with E-state index in [9.17, 15) is 4.39 Å². The van der Waals surface area contributed by atoms with Crippen molar-refractivity contribution in [1.82, 2.24) is 0 Å². The smallest absolute Gasteiger partial charge is 0.123 e. The molecule has 0 heterocycles. The molecule has 2 heteroatoms.